The van der Waals surface area contributed by atoms with Crippen LogP contribution in [0.2, 0.25) is 0 Å². The van der Waals surface area contributed by atoms with Gasteiger partial charge in [-0.1, -0.05) is 6.92 Å². The first kappa shape index (κ1) is 22.5. The summed E-state index contributed by atoms with van der Waals surface area (Å²) in [6.45, 7) is 2.06. The molecule has 0 N–H and O–H groups in total. The summed E-state index contributed by atoms with van der Waals surface area (Å²) in [6, 6.07) is 10.8. The summed E-state index contributed by atoms with van der Waals surface area (Å²) in [7, 11) is 0. The van der Waals surface area contributed by atoms with Crippen molar-refractivity contribution in [1.29, 1.82) is 0 Å². The van der Waals surface area contributed by atoms with Crippen LogP contribution in [0, 0.1) is 27.8 Å². The molecule has 0 aliphatic rings. The van der Waals surface area contributed by atoms with Crippen molar-refractivity contribution in [2.45, 2.75) is 6.92 Å². The van der Waals surface area contributed by atoms with Gasteiger partial charge in [0, 0.05) is 0 Å². The van der Waals surface area contributed by atoms with E-state index in [2.05, 4.69) is 13.0 Å². The van der Waals surface area contributed by atoms with Crippen LogP contribution in [0.4, 0.5) is 0 Å². The molecular formula is C9H13LiZn. The molecular weight excluding hydrogens is 180 g/mol. The number of aryl methyl sites for hydroxylation is 1. The molecule has 1 rings (SSSR count). The van der Waals surface area contributed by atoms with Gasteiger partial charge in [-0.15, -0.1) is 0 Å². The quantitative estimate of drug-likeness (QED) is 0.392. The van der Waals surface area contributed by atoms with Crippen molar-refractivity contribution in [3.63, 3.8) is 0 Å². The Morgan fingerprint density at radius 1 is 1.09 bits per heavy atom. The largest absolute Gasteiger partial charge is 2.00 e. The first-order valence-electron chi connectivity index (χ1n) is 2.32. The fourth-order valence-electron chi connectivity index (χ4n) is 0.470. The van der Waals surface area contributed by atoms with E-state index in [0.29, 0.717) is 0 Å². The fraction of sp³-hybridized carbons (Fsp3) is 0.111. The zero-order chi connectivity index (χ0) is 5.11. The molecule has 0 radical (unpaired) electrons. The van der Waals surface area contributed by atoms with Gasteiger partial charge in [-0.2, -0.15) is 35.9 Å². The second-order valence-electron chi connectivity index (χ2n) is 1.58. The first-order valence-corrected chi connectivity index (χ1v) is 2.32. The second-order valence-corrected chi connectivity index (χ2v) is 1.58. The van der Waals surface area contributed by atoms with Gasteiger partial charge in [-0.3, -0.25) is 0 Å². The van der Waals surface area contributed by atoms with Gasteiger partial charge in [0.05, 0.1) is 0 Å². The molecule has 0 nitrogen and oxygen atoms in total. The molecule has 1 aromatic rings. The van der Waals surface area contributed by atoms with Crippen molar-refractivity contribution < 1.29 is 38.3 Å². The van der Waals surface area contributed by atoms with E-state index in [1.165, 1.54) is 5.56 Å². The third-order valence-corrected chi connectivity index (χ3v) is 0.885. The molecule has 0 spiro atoms. The van der Waals surface area contributed by atoms with Gasteiger partial charge in [-0.05, 0) is 0 Å². The smallest absolute Gasteiger partial charge is 0.358 e. The summed E-state index contributed by atoms with van der Waals surface area (Å²) >= 11 is 0. The van der Waals surface area contributed by atoms with Crippen molar-refractivity contribution in [1.82, 2.24) is 0 Å². The maximum absolute atomic E-state index is 2.93. The number of rotatable bonds is 0. The van der Waals surface area contributed by atoms with E-state index in [1.807, 2.05) is 24.3 Å². The van der Waals surface area contributed by atoms with Gasteiger partial charge in [0.2, 0.25) is 0 Å². The predicted molar refractivity (Wildman–Crippen MR) is 42.8 cm³/mol. The summed E-state index contributed by atoms with van der Waals surface area (Å²) in [4.78, 5) is 0. The van der Waals surface area contributed by atoms with E-state index < -0.39 is 0 Å². The molecule has 0 amide bonds. The minimum Gasteiger partial charge on any atom is -0.358 e. The Labute approximate surface area is 95.7 Å². The van der Waals surface area contributed by atoms with Crippen LogP contribution in [0.1, 0.15) is 5.56 Å². The normalized spacial score (nSPS) is 5.55. The minimum atomic E-state index is 0. The first-order chi connectivity index (χ1) is 3.39. The van der Waals surface area contributed by atoms with Crippen molar-refractivity contribution in [3.8, 4) is 0 Å². The maximum Gasteiger partial charge on any atom is 2.00 e. The zero-order valence-corrected chi connectivity index (χ0v) is 11.0. The Hall–Kier alpha value is 0.441. The Bertz CT molecular complexity index is 139. The molecule has 1 aromatic carbocycles. The van der Waals surface area contributed by atoms with Crippen LogP contribution < -0.4 is 18.9 Å². The summed E-state index contributed by atoms with van der Waals surface area (Å²) < 4.78 is 0. The van der Waals surface area contributed by atoms with Crippen LogP contribution in [0.15, 0.2) is 24.3 Å². The predicted octanol–water partition coefficient (Wildman–Crippen LogP) is -0.303. The van der Waals surface area contributed by atoms with E-state index in [4.69, 9.17) is 0 Å². The van der Waals surface area contributed by atoms with Crippen LogP contribution in [-0.4, -0.2) is 0 Å². The van der Waals surface area contributed by atoms with Crippen molar-refractivity contribution in [3.05, 3.63) is 50.7 Å². The van der Waals surface area contributed by atoms with Crippen LogP contribution in [0.5, 0.6) is 0 Å². The molecule has 2 heteroatoms. The van der Waals surface area contributed by atoms with Crippen molar-refractivity contribution in [2.24, 2.45) is 0 Å². The standard InChI is InChI=1S/C7H7.2CH3.Li.Zn/c1-7-5-3-2-4-6-7;;;;/h3-6H,1H3;2*1H3;;/q3*-1;+1;+2. The second kappa shape index (κ2) is 13.1. The average Bonchev–Trinajstić information content (AvgIpc) is 1.69. The minimum absolute atomic E-state index is 0. The van der Waals surface area contributed by atoms with Gasteiger partial charge in [0.1, 0.15) is 0 Å². The summed E-state index contributed by atoms with van der Waals surface area (Å²) in [5.74, 6) is 0. The SMILES string of the molecule is Cc1cc[c-]cc1.[CH3-].[CH3-].[Li+].[Zn+2]. The van der Waals surface area contributed by atoms with E-state index in [9.17, 15) is 0 Å². The number of hydrogen-bond donors (Lipinski definition) is 0. The Kier molecular flexibility index (Phi) is 26.7. The maximum atomic E-state index is 2.93. The average molecular weight is 194 g/mol. The topological polar surface area (TPSA) is 0 Å². The van der Waals surface area contributed by atoms with Crippen molar-refractivity contribution >= 4 is 0 Å². The van der Waals surface area contributed by atoms with Crippen molar-refractivity contribution in [2.75, 3.05) is 0 Å². The van der Waals surface area contributed by atoms with E-state index in [-0.39, 0.29) is 53.2 Å². The van der Waals surface area contributed by atoms with Gasteiger partial charge < -0.3 is 14.9 Å². The fourth-order valence-corrected chi connectivity index (χ4v) is 0.470. The molecule has 0 saturated carbocycles. The van der Waals surface area contributed by atoms with Crippen LogP contribution in [0.25, 0.3) is 0 Å². The summed E-state index contributed by atoms with van der Waals surface area (Å²) in [6.07, 6.45) is 0. The van der Waals surface area contributed by atoms with Gasteiger partial charge >= 0.3 is 38.3 Å². The molecule has 0 aliphatic heterocycles. The van der Waals surface area contributed by atoms with Crippen LogP contribution >= 0.6 is 0 Å². The van der Waals surface area contributed by atoms with Gasteiger partial charge in [0.25, 0.3) is 0 Å². The van der Waals surface area contributed by atoms with E-state index in [1.54, 1.807) is 0 Å². The molecule has 0 atom stereocenters. The molecule has 52 valence electrons. The molecule has 0 unspecified atom stereocenters. The zero-order valence-electron chi connectivity index (χ0n) is 8.02. The third-order valence-electron chi connectivity index (χ3n) is 0.885. The number of hydrogen-bond acceptors (Lipinski definition) is 0. The molecule has 0 aromatic heterocycles. The van der Waals surface area contributed by atoms with Crippen LogP contribution in [0.3, 0.4) is 0 Å². The molecule has 0 heterocycles. The Morgan fingerprint density at radius 3 is 1.64 bits per heavy atom. The molecule has 0 bridgehead atoms. The van der Waals surface area contributed by atoms with Crippen LogP contribution in [-0.2, 0) is 19.5 Å². The van der Waals surface area contributed by atoms with Gasteiger partial charge in [0.15, 0.2) is 0 Å². The molecule has 0 fully saturated rings. The van der Waals surface area contributed by atoms with E-state index >= 15 is 0 Å². The van der Waals surface area contributed by atoms with E-state index in [0.717, 1.165) is 0 Å². The molecule has 0 aliphatic carbocycles. The molecule has 11 heavy (non-hydrogen) atoms. The summed E-state index contributed by atoms with van der Waals surface area (Å²) in [5, 5.41) is 0. The third kappa shape index (κ3) is 10.4. The van der Waals surface area contributed by atoms with Gasteiger partial charge in [-0.25, -0.2) is 0 Å². The summed E-state index contributed by atoms with van der Waals surface area (Å²) in [5.41, 5.74) is 1.29. The number of benzene rings is 1. The Morgan fingerprint density at radius 2 is 1.45 bits per heavy atom. The Balaban J connectivity index is -0.0000000612. The molecule has 0 saturated heterocycles. The monoisotopic (exact) mass is 192 g/mol.